The van der Waals surface area contributed by atoms with Gasteiger partial charge in [0.25, 0.3) is 0 Å². The molecule has 0 saturated heterocycles. The summed E-state index contributed by atoms with van der Waals surface area (Å²) in [5, 5.41) is 3.48. The van der Waals surface area contributed by atoms with Crippen LogP contribution >= 0.6 is 34.7 Å². The zero-order valence-corrected chi connectivity index (χ0v) is 15.8. The molecule has 0 aliphatic heterocycles. The molecule has 3 nitrogen and oxygen atoms in total. The van der Waals surface area contributed by atoms with E-state index in [9.17, 15) is 4.79 Å². The third-order valence-corrected chi connectivity index (χ3v) is 5.85. The molecule has 6 heteroatoms. The number of carbonyl (C=O) groups excluding carboxylic acids is 1. The average molecular weight is 377 g/mol. The van der Waals surface area contributed by atoms with Gasteiger partial charge in [0.05, 0.1) is 22.3 Å². The van der Waals surface area contributed by atoms with Crippen molar-refractivity contribution >= 4 is 40.5 Å². The Hall–Kier alpha value is -1.56. The van der Waals surface area contributed by atoms with Gasteiger partial charge in [-0.3, -0.25) is 4.79 Å². The summed E-state index contributed by atoms with van der Waals surface area (Å²) in [6.07, 6.45) is 1.60. The van der Waals surface area contributed by atoms with Crippen LogP contribution in [-0.2, 0) is 6.54 Å². The quantitative estimate of drug-likeness (QED) is 0.436. The number of hydrogen-bond acceptors (Lipinski definition) is 4. The number of hydrogen-bond donors (Lipinski definition) is 0. The number of ketones is 1. The highest BCUT2D eigenvalue weighted by Gasteiger charge is 2.16. The molecule has 0 bridgehead atoms. The van der Waals surface area contributed by atoms with Crippen molar-refractivity contribution in [1.29, 1.82) is 0 Å². The average Bonchev–Trinajstić information content (AvgIpc) is 3.18. The van der Waals surface area contributed by atoms with Crippen molar-refractivity contribution in [2.24, 2.45) is 0 Å². The van der Waals surface area contributed by atoms with E-state index in [1.165, 1.54) is 16.6 Å². The molecule has 3 heterocycles. The van der Waals surface area contributed by atoms with Crippen molar-refractivity contribution in [3.05, 3.63) is 68.8 Å². The van der Waals surface area contributed by atoms with E-state index in [-0.39, 0.29) is 5.78 Å². The van der Waals surface area contributed by atoms with Crippen LogP contribution in [0.1, 0.15) is 26.6 Å². The normalized spacial score (nSPS) is 11.0. The summed E-state index contributed by atoms with van der Waals surface area (Å²) in [6.45, 7) is 4.87. The minimum absolute atomic E-state index is 0.127. The summed E-state index contributed by atoms with van der Waals surface area (Å²) in [5.74, 6) is 0.500. The van der Waals surface area contributed by atoms with E-state index in [2.05, 4.69) is 27.1 Å². The number of aryl methyl sites for hydroxylation is 1. The molecule has 0 fully saturated rings. The Morgan fingerprint density at radius 2 is 2.17 bits per heavy atom. The maximum absolute atomic E-state index is 12.6. The first kappa shape index (κ1) is 17.3. The molecule has 0 N–H and O–H groups in total. The molecular formula is C18H17ClN2OS2. The van der Waals surface area contributed by atoms with Crippen molar-refractivity contribution in [1.82, 2.24) is 9.55 Å². The lowest BCUT2D eigenvalue weighted by Crippen LogP contribution is -2.07. The first-order chi connectivity index (χ1) is 11.5. The summed E-state index contributed by atoms with van der Waals surface area (Å²) < 4.78 is 2.20. The molecular weight excluding hydrogens is 360 g/mol. The van der Waals surface area contributed by atoms with Gasteiger partial charge < -0.3 is 4.57 Å². The summed E-state index contributed by atoms with van der Waals surface area (Å²) >= 11 is 9.00. The van der Waals surface area contributed by atoms with E-state index >= 15 is 0 Å². The molecule has 24 heavy (non-hydrogen) atoms. The van der Waals surface area contributed by atoms with Gasteiger partial charge in [-0.2, -0.15) is 0 Å². The molecule has 3 aromatic rings. The standard InChI is InChI=1S/C18H17ClN2OS2/c1-12-8-16(13(2)21(12)10-15-4-3-7-23-15)17(22)11-24-18-6-5-14(19)9-20-18/h3-9H,10-11H2,1-2H3. The third kappa shape index (κ3) is 3.91. The third-order valence-electron chi connectivity index (χ3n) is 3.82. The molecule has 3 rings (SSSR count). The summed E-state index contributed by atoms with van der Waals surface area (Å²) in [7, 11) is 0. The molecule has 0 unspecified atom stereocenters. The van der Waals surface area contributed by atoms with Gasteiger partial charge >= 0.3 is 0 Å². The van der Waals surface area contributed by atoms with Gasteiger partial charge in [0.15, 0.2) is 5.78 Å². The lowest BCUT2D eigenvalue weighted by Gasteiger charge is -2.08. The van der Waals surface area contributed by atoms with Crippen molar-refractivity contribution in [3.63, 3.8) is 0 Å². The minimum atomic E-state index is 0.127. The van der Waals surface area contributed by atoms with Crippen LogP contribution in [0.4, 0.5) is 0 Å². The summed E-state index contributed by atoms with van der Waals surface area (Å²) in [4.78, 5) is 18.1. The fraction of sp³-hybridized carbons (Fsp3) is 0.222. The predicted octanol–water partition coefficient (Wildman–Crippen LogP) is 5.24. The smallest absolute Gasteiger partial charge is 0.174 e. The number of rotatable bonds is 6. The molecule has 0 amide bonds. The second kappa shape index (κ2) is 7.55. The van der Waals surface area contributed by atoms with E-state index in [0.717, 1.165) is 28.5 Å². The van der Waals surface area contributed by atoms with Crippen molar-refractivity contribution in [2.75, 3.05) is 5.75 Å². The van der Waals surface area contributed by atoms with Gasteiger partial charge in [-0.1, -0.05) is 29.4 Å². The van der Waals surface area contributed by atoms with Gasteiger partial charge in [0, 0.05) is 28.0 Å². The minimum Gasteiger partial charge on any atom is -0.343 e. The number of aromatic nitrogens is 2. The Morgan fingerprint density at radius 3 is 2.83 bits per heavy atom. The molecule has 0 atom stereocenters. The lowest BCUT2D eigenvalue weighted by molar-refractivity contribution is 0.102. The number of halogens is 1. The van der Waals surface area contributed by atoms with E-state index < -0.39 is 0 Å². The Kier molecular flexibility index (Phi) is 5.43. The molecule has 0 aliphatic carbocycles. The van der Waals surface area contributed by atoms with Crippen molar-refractivity contribution in [2.45, 2.75) is 25.4 Å². The number of carbonyl (C=O) groups is 1. The highest BCUT2D eigenvalue weighted by molar-refractivity contribution is 7.99. The van der Waals surface area contributed by atoms with Gasteiger partial charge in [-0.15, -0.1) is 11.3 Å². The van der Waals surface area contributed by atoms with E-state index in [1.54, 1.807) is 23.6 Å². The molecule has 0 spiro atoms. The number of thiophene rings is 1. The number of Topliss-reactive ketones (excluding diaryl/α,β-unsaturated/α-hetero) is 1. The fourth-order valence-corrected chi connectivity index (χ4v) is 4.08. The van der Waals surface area contributed by atoms with Crippen LogP contribution in [0.3, 0.4) is 0 Å². The molecule has 0 aliphatic rings. The zero-order chi connectivity index (χ0) is 17.1. The maximum Gasteiger partial charge on any atom is 0.174 e. The van der Waals surface area contributed by atoms with Gasteiger partial charge in [0.1, 0.15) is 0 Å². The van der Waals surface area contributed by atoms with E-state index in [4.69, 9.17) is 11.6 Å². The van der Waals surface area contributed by atoms with Crippen LogP contribution < -0.4 is 0 Å². The molecule has 0 aromatic carbocycles. The van der Waals surface area contributed by atoms with E-state index in [0.29, 0.717) is 10.8 Å². The Morgan fingerprint density at radius 1 is 1.33 bits per heavy atom. The topological polar surface area (TPSA) is 34.9 Å². The van der Waals surface area contributed by atoms with Gasteiger partial charge in [0.2, 0.25) is 0 Å². The van der Waals surface area contributed by atoms with Gasteiger partial charge in [-0.05, 0) is 43.5 Å². The van der Waals surface area contributed by atoms with Crippen LogP contribution in [0.25, 0.3) is 0 Å². The Bertz CT molecular complexity index is 839. The number of thioether (sulfide) groups is 1. The fourth-order valence-electron chi connectivity index (χ4n) is 2.55. The predicted molar refractivity (Wildman–Crippen MR) is 102 cm³/mol. The van der Waals surface area contributed by atoms with Crippen LogP contribution in [0.2, 0.25) is 5.02 Å². The summed E-state index contributed by atoms with van der Waals surface area (Å²) in [6, 6.07) is 9.78. The molecule has 124 valence electrons. The summed E-state index contributed by atoms with van der Waals surface area (Å²) in [5.41, 5.74) is 2.93. The molecule has 3 aromatic heterocycles. The highest BCUT2D eigenvalue weighted by atomic mass is 35.5. The van der Waals surface area contributed by atoms with Crippen LogP contribution in [-0.4, -0.2) is 21.1 Å². The second-order valence-electron chi connectivity index (χ2n) is 5.48. The molecule has 0 saturated carbocycles. The van der Waals surface area contributed by atoms with Crippen molar-refractivity contribution in [3.8, 4) is 0 Å². The van der Waals surface area contributed by atoms with Gasteiger partial charge in [-0.25, -0.2) is 4.98 Å². The SMILES string of the molecule is Cc1cc(C(=O)CSc2ccc(Cl)cn2)c(C)n1Cc1cccs1. The molecule has 0 radical (unpaired) electrons. The first-order valence-corrected chi connectivity index (χ1v) is 9.75. The first-order valence-electron chi connectivity index (χ1n) is 7.51. The number of nitrogens with zero attached hydrogens (tertiary/aromatic N) is 2. The number of pyridine rings is 1. The van der Waals surface area contributed by atoms with E-state index in [1.807, 2.05) is 26.0 Å². The lowest BCUT2D eigenvalue weighted by atomic mass is 10.2. The van der Waals surface area contributed by atoms with Crippen LogP contribution in [0.15, 0.2) is 46.9 Å². The van der Waals surface area contributed by atoms with Crippen LogP contribution in [0.5, 0.6) is 0 Å². The second-order valence-corrected chi connectivity index (χ2v) is 7.94. The zero-order valence-electron chi connectivity index (χ0n) is 13.5. The maximum atomic E-state index is 12.6. The Labute approximate surface area is 154 Å². The largest absolute Gasteiger partial charge is 0.343 e. The monoisotopic (exact) mass is 376 g/mol. The Balaban J connectivity index is 1.72. The van der Waals surface area contributed by atoms with Crippen molar-refractivity contribution < 1.29 is 4.79 Å². The van der Waals surface area contributed by atoms with Crippen LogP contribution in [0, 0.1) is 13.8 Å². The highest BCUT2D eigenvalue weighted by Crippen LogP contribution is 2.23.